The Morgan fingerprint density at radius 3 is 1.86 bits per heavy atom. The third kappa shape index (κ3) is 15.1. The summed E-state index contributed by atoms with van der Waals surface area (Å²) in [6.07, 6.45) is 22.8. The number of esters is 1. The zero-order valence-electron chi connectivity index (χ0n) is 19.0. The van der Waals surface area contributed by atoms with Crippen molar-refractivity contribution in [1.82, 2.24) is 0 Å². The molecule has 2 atom stereocenters. The number of hydrogen-bond acceptors (Lipinski definition) is 3. The van der Waals surface area contributed by atoms with E-state index in [4.69, 9.17) is 9.47 Å². The average Bonchev–Trinajstić information content (AvgIpc) is 3.39. The van der Waals surface area contributed by atoms with E-state index in [9.17, 15) is 4.79 Å². The molecule has 1 fully saturated rings. The summed E-state index contributed by atoms with van der Waals surface area (Å²) in [6, 6.07) is 0. The van der Waals surface area contributed by atoms with Gasteiger partial charge in [-0.15, -0.1) is 0 Å². The Morgan fingerprint density at radius 1 is 0.857 bits per heavy atom. The molecule has 164 valence electrons. The SMILES string of the molecule is CCCCCCCCCCCCCCCC(=O)OC/C=C(\C)CCC1OC1C. The summed E-state index contributed by atoms with van der Waals surface area (Å²) in [7, 11) is 0. The van der Waals surface area contributed by atoms with E-state index < -0.39 is 0 Å². The molecule has 3 heteroatoms. The highest BCUT2D eigenvalue weighted by atomic mass is 16.6. The molecule has 0 aromatic rings. The second kappa shape index (κ2) is 17.1. The second-order valence-electron chi connectivity index (χ2n) is 8.64. The fourth-order valence-electron chi connectivity index (χ4n) is 3.64. The van der Waals surface area contributed by atoms with Gasteiger partial charge in [-0.1, -0.05) is 89.5 Å². The predicted octanol–water partition coefficient (Wildman–Crippen LogP) is 7.52. The predicted molar refractivity (Wildman–Crippen MR) is 119 cm³/mol. The highest BCUT2D eigenvalue weighted by Crippen LogP contribution is 2.26. The van der Waals surface area contributed by atoms with Crippen molar-refractivity contribution >= 4 is 5.97 Å². The first-order valence-corrected chi connectivity index (χ1v) is 12.1. The van der Waals surface area contributed by atoms with E-state index in [0.29, 0.717) is 25.2 Å². The molecule has 0 spiro atoms. The van der Waals surface area contributed by atoms with Crippen LogP contribution in [-0.2, 0) is 14.3 Å². The average molecular weight is 395 g/mol. The molecule has 1 aliphatic heterocycles. The molecule has 0 amide bonds. The summed E-state index contributed by atoms with van der Waals surface area (Å²) in [5, 5.41) is 0. The molecular weight excluding hydrogens is 348 g/mol. The lowest BCUT2D eigenvalue weighted by molar-refractivity contribution is -0.142. The Labute approximate surface area is 174 Å². The molecule has 1 saturated heterocycles. The van der Waals surface area contributed by atoms with Gasteiger partial charge in [0.05, 0.1) is 12.2 Å². The van der Waals surface area contributed by atoms with Crippen molar-refractivity contribution in [3.8, 4) is 0 Å². The third-order valence-corrected chi connectivity index (χ3v) is 5.82. The minimum atomic E-state index is -0.0497. The van der Waals surface area contributed by atoms with Crippen molar-refractivity contribution in [2.24, 2.45) is 0 Å². The molecule has 2 unspecified atom stereocenters. The van der Waals surface area contributed by atoms with Gasteiger partial charge in [0.25, 0.3) is 0 Å². The Hall–Kier alpha value is -0.830. The summed E-state index contributed by atoms with van der Waals surface area (Å²) >= 11 is 0. The molecule has 0 aromatic heterocycles. The summed E-state index contributed by atoms with van der Waals surface area (Å²) < 4.78 is 10.7. The number of allylic oxidation sites excluding steroid dienone is 1. The smallest absolute Gasteiger partial charge is 0.306 e. The maximum absolute atomic E-state index is 11.8. The van der Waals surface area contributed by atoms with Gasteiger partial charge in [-0.2, -0.15) is 0 Å². The number of ether oxygens (including phenoxy) is 2. The van der Waals surface area contributed by atoms with Crippen LogP contribution in [0.1, 0.15) is 124 Å². The first-order chi connectivity index (χ1) is 13.6. The molecule has 1 aliphatic rings. The maximum Gasteiger partial charge on any atom is 0.306 e. The van der Waals surface area contributed by atoms with E-state index in [-0.39, 0.29) is 5.97 Å². The third-order valence-electron chi connectivity index (χ3n) is 5.82. The van der Waals surface area contributed by atoms with Gasteiger partial charge in [-0.3, -0.25) is 4.79 Å². The lowest BCUT2D eigenvalue weighted by Gasteiger charge is -2.04. The minimum Gasteiger partial charge on any atom is -0.461 e. The number of hydrogen-bond donors (Lipinski definition) is 0. The van der Waals surface area contributed by atoms with Gasteiger partial charge in [-0.25, -0.2) is 0 Å². The van der Waals surface area contributed by atoms with Crippen molar-refractivity contribution in [2.75, 3.05) is 6.61 Å². The first kappa shape index (κ1) is 25.2. The zero-order chi connectivity index (χ0) is 20.5. The standard InChI is InChI=1S/C25H46O3/c1-4-5-6-7-8-9-10-11-12-13-14-15-16-17-25(26)27-21-20-22(2)18-19-24-23(3)28-24/h20,23-24H,4-19,21H2,1-3H3/b22-20+. The molecule has 1 rings (SSSR count). The van der Waals surface area contributed by atoms with E-state index in [1.807, 2.05) is 6.08 Å². The van der Waals surface area contributed by atoms with Crippen molar-refractivity contribution in [3.63, 3.8) is 0 Å². The minimum absolute atomic E-state index is 0.0497. The maximum atomic E-state index is 11.8. The van der Waals surface area contributed by atoms with Crippen molar-refractivity contribution < 1.29 is 14.3 Å². The number of carbonyl (C=O) groups is 1. The van der Waals surface area contributed by atoms with Gasteiger partial charge in [0, 0.05) is 6.42 Å². The van der Waals surface area contributed by atoms with Crippen molar-refractivity contribution in [1.29, 1.82) is 0 Å². The molecule has 0 saturated carbocycles. The quantitative estimate of drug-likeness (QED) is 0.0983. The van der Waals surface area contributed by atoms with Gasteiger partial charge >= 0.3 is 5.97 Å². The van der Waals surface area contributed by atoms with Gasteiger partial charge < -0.3 is 9.47 Å². The zero-order valence-corrected chi connectivity index (χ0v) is 19.0. The molecule has 0 radical (unpaired) electrons. The van der Waals surface area contributed by atoms with Gasteiger partial charge in [-0.05, 0) is 39.2 Å². The summed E-state index contributed by atoms with van der Waals surface area (Å²) in [4.78, 5) is 11.8. The van der Waals surface area contributed by atoms with Crippen LogP contribution in [0.5, 0.6) is 0 Å². The highest BCUT2D eigenvalue weighted by Gasteiger charge is 2.33. The normalized spacial score (nSPS) is 19.0. The number of epoxide rings is 1. The van der Waals surface area contributed by atoms with E-state index in [2.05, 4.69) is 20.8 Å². The van der Waals surface area contributed by atoms with Crippen LogP contribution in [0.15, 0.2) is 11.6 Å². The Balaban J connectivity index is 1.80. The van der Waals surface area contributed by atoms with Crippen LogP contribution in [0.3, 0.4) is 0 Å². The van der Waals surface area contributed by atoms with Crippen LogP contribution in [0.2, 0.25) is 0 Å². The number of carbonyl (C=O) groups excluding carboxylic acids is 1. The van der Waals surface area contributed by atoms with Crippen LogP contribution in [0.4, 0.5) is 0 Å². The largest absolute Gasteiger partial charge is 0.461 e. The molecule has 0 aliphatic carbocycles. The molecular formula is C25H46O3. The number of rotatable bonds is 19. The van der Waals surface area contributed by atoms with E-state index in [1.54, 1.807) is 0 Å². The summed E-state index contributed by atoms with van der Waals surface area (Å²) in [5.41, 5.74) is 1.29. The molecule has 28 heavy (non-hydrogen) atoms. The topological polar surface area (TPSA) is 38.8 Å². The van der Waals surface area contributed by atoms with Crippen LogP contribution in [-0.4, -0.2) is 24.8 Å². The van der Waals surface area contributed by atoms with Gasteiger partial charge in [0.2, 0.25) is 0 Å². The summed E-state index contributed by atoms with van der Waals surface area (Å²) in [6.45, 7) is 6.91. The molecule has 0 bridgehead atoms. The Morgan fingerprint density at radius 2 is 1.36 bits per heavy atom. The fraction of sp³-hybridized carbons (Fsp3) is 0.880. The lowest BCUT2D eigenvalue weighted by Crippen LogP contribution is -2.04. The second-order valence-corrected chi connectivity index (χ2v) is 8.64. The van der Waals surface area contributed by atoms with Crippen molar-refractivity contribution in [2.45, 2.75) is 136 Å². The molecule has 0 N–H and O–H groups in total. The molecule has 3 nitrogen and oxygen atoms in total. The Bertz CT molecular complexity index is 416. The monoisotopic (exact) mass is 394 g/mol. The summed E-state index contributed by atoms with van der Waals surface area (Å²) in [5.74, 6) is -0.0497. The van der Waals surface area contributed by atoms with Gasteiger partial charge in [0.1, 0.15) is 6.61 Å². The lowest BCUT2D eigenvalue weighted by atomic mass is 10.0. The van der Waals surface area contributed by atoms with Crippen LogP contribution >= 0.6 is 0 Å². The van der Waals surface area contributed by atoms with Crippen molar-refractivity contribution in [3.05, 3.63) is 11.6 Å². The first-order valence-electron chi connectivity index (χ1n) is 12.1. The van der Waals surface area contributed by atoms with Crippen LogP contribution in [0.25, 0.3) is 0 Å². The number of unbranched alkanes of at least 4 members (excludes halogenated alkanes) is 12. The van der Waals surface area contributed by atoms with E-state index in [1.165, 1.54) is 76.2 Å². The van der Waals surface area contributed by atoms with Crippen LogP contribution < -0.4 is 0 Å². The Kier molecular flexibility index (Phi) is 15.4. The molecule has 1 heterocycles. The van der Waals surface area contributed by atoms with Crippen LogP contribution in [0, 0.1) is 0 Å². The highest BCUT2D eigenvalue weighted by molar-refractivity contribution is 5.69. The van der Waals surface area contributed by atoms with Gasteiger partial charge in [0.15, 0.2) is 0 Å². The fourth-order valence-corrected chi connectivity index (χ4v) is 3.64. The molecule has 0 aromatic carbocycles. The van der Waals surface area contributed by atoms with E-state index in [0.717, 1.165) is 25.7 Å². The van der Waals surface area contributed by atoms with E-state index >= 15 is 0 Å².